The summed E-state index contributed by atoms with van der Waals surface area (Å²) in [6, 6.07) is 11.2. The highest BCUT2D eigenvalue weighted by atomic mass is 16.6. The zero-order valence-electron chi connectivity index (χ0n) is 11.6. The highest BCUT2D eigenvalue weighted by Crippen LogP contribution is 2.20. The first-order valence-electron chi connectivity index (χ1n) is 6.21. The Bertz CT molecular complexity index is 681. The Morgan fingerprint density at radius 1 is 1.19 bits per heavy atom. The van der Waals surface area contributed by atoms with Gasteiger partial charge in [0.15, 0.2) is 0 Å². The predicted octanol–water partition coefficient (Wildman–Crippen LogP) is 3.16. The minimum Gasteiger partial charge on any atom is -0.497 e. The summed E-state index contributed by atoms with van der Waals surface area (Å²) < 4.78 is 5.03. The van der Waals surface area contributed by atoms with Crippen LogP contribution in [-0.2, 0) is 0 Å². The van der Waals surface area contributed by atoms with Gasteiger partial charge >= 0.3 is 0 Å². The van der Waals surface area contributed by atoms with Crippen LogP contribution in [0, 0.1) is 17.0 Å². The molecule has 0 spiro atoms. The van der Waals surface area contributed by atoms with Crippen LogP contribution >= 0.6 is 0 Å². The summed E-state index contributed by atoms with van der Waals surface area (Å²) in [6.45, 7) is 1.60. The molecule has 0 unspecified atom stereocenters. The molecule has 0 radical (unpaired) electrons. The third-order valence-corrected chi connectivity index (χ3v) is 3.00. The van der Waals surface area contributed by atoms with E-state index in [2.05, 4.69) is 5.32 Å². The maximum atomic E-state index is 12.1. The monoisotopic (exact) mass is 286 g/mol. The van der Waals surface area contributed by atoms with E-state index in [1.165, 1.54) is 18.2 Å². The molecule has 0 aliphatic rings. The Labute approximate surface area is 121 Å². The van der Waals surface area contributed by atoms with Crippen molar-refractivity contribution >= 4 is 17.3 Å². The van der Waals surface area contributed by atoms with Gasteiger partial charge in [0.1, 0.15) is 5.75 Å². The van der Waals surface area contributed by atoms with E-state index in [-0.39, 0.29) is 11.6 Å². The molecule has 2 rings (SSSR count). The van der Waals surface area contributed by atoms with Crippen molar-refractivity contribution in [1.82, 2.24) is 0 Å². The number of hydrogen-bond donors (Lipinski definition) is 1. The summed E-state index contributed by atoms with van der Waals surface area (Å²) in [4.78, 5) is 22.4. The lowest BCUT2D eigenvalue weighted by atomic mass is 10.1. The van der Waals surface area contributed by atoms with Gasteiger partial charge in [-0.25, -0.2) is 0 Å². The quantitative estimate of drug-likeness (QED) is 0.691. The molecule has 6 heteroatoms. The first kappa shape index (κ1) is 14.5. The molecule has 6 nitrogen and oxygen atoms in total. The van der Waals surface area contributed by atoms with Gasteiger partial charge in [-0.05, 0) is 43.3 Å². The molecule has 108 valence electrons. The molecule has 1 N–H and O–H groups in total. The summed E-state index contributed by atoms with van der Waals surface area (Å²) in [7, 11) is 1.56. The fourth-order valence-electron chi connectivity index (χ4n) is 1.88. The van der Waals surface area contributed by atoms with Gasteiger partial charge in [-0.15, -0.1) is 0 Å². The van der Waals surface area contributed by atoms with Gasteiger partial charge in [-0.3, -0.25) is 14.9 Å². The predicted molar refractivity (Wildman–Crippen MR) is 78.8 cm³/mol. The molecule has 0 fully saturated rings. The lowest BCUT2D eigenvalue weighted by Gasteiger charge is -2.07. The number of methoxy groups -OCH3 is 1. The molecule has 0 saturated carbocycles. The number of nitrogens with one attached hydrogen (secondary N) is 1. The zero-order chi connectivity index (χ0) is 15.4. The number of benzene rings is 2. The first-order valence-corrected chi connectivity index (χ1v) is 6.21. The van der Waals surface area contributed by atoms with E-state index in [1.807, 2.05) is 0 Å². The minimum atomic E-state index is -0.472. The van der Waals surface area contributed by atoms with E-state index in [1.54, 1.807) is 38.3 Å². The number of ether oxygens (including phenoxy) is 1. The van der Waals surface area contributed by atoms with Crippen LogP contribution in [0.4, 0.5) is 11.4 Å². The summed E-state index contributed by atoms with van der Waals surface area (Å²) in [5, 5.41) is 13.5. The Balaban J connectivity index is 2.16. The fraction of sp³-hybridized carbons (Fsp3) is 0.133. The number of hydrogen-bond acceptors (Lipinski definition) is 4. The smallest absolute Gasteiger partial charge is 0.272 e. The number of nitro benzene ring substituents is 1. The largest absolute Gasteiger partial charge is 0.497 e. The molecule has 0 aromatic heterocycles. The third-order valence-electron chi connectivity index (χ3n) is 3.00. The number of anilines is 1. The number of nitrogens with zero attached hydrogens (tertiary/aromatic N) is 1. The van der Waals surface area contributed by atoms with Crippen LogP contribution in [-0.4, -0.2) is 17.9 Å². The molecule has 0 bridgehead atoms. The van der Waals surface area contributed by atoms with Gasteiger partial charge in [-0.1, -0.05) is 0 Å². The fourth-order valence-corrected chi connectivity index (χ4v) is 1.88. The second-order valence-corrected chi connectivity index (χ2v) is 4.44. The average molecular weight is 286 g/mol. The third kappa shape index (κ3) is 3.36. The molecule has 21 heavy (non-hydrogen) atoms. The lowest BCUT2D eigenvalue weighted by Crippen LogP contribution is -2.12. The second-order valence-electron chi connectivity index (χ2n) is 4.44. The molecule has 2 aromatic rings. The van der Waals surface area contributed by atoms with Crippen molar-refractivity contribution in [3.63, 3.8) is 0 Å². The molecule has 2 aromatic carbocycles. The normalized spacial score (nSPS) is 10.0. The number of carbonyl (C=O) groups is 1. The lowest BCUT2D eigenvalue weighted by molar-refractivity contribution is -0.385. The maximum absolute atomic E-state index is 12.1. The van der Waals surface area contributed by atoms with Crippen LogP contribution in [0.15, 0.2) is 42.5 Å². The number of amides is 1. The molecule has 0 atom stereocenters. The number of nitro groups is 1. The maximum Gasteiger partial charge on any atom is 0.272 e. The topological polar surface area (TPSA) is 81.5 Å². The highest BCUT2D eigenvalue weighted by molar-refractivity contribution is 6.04. The van der Waals surface area contributed by atoms with Crippen molar-refractivity contribution in [3.05, 3.63) is 63.7 Å². The van der Waals surface area contributed by atoms with Crippen LogP contribution in [0.25, 0.3) is 0 Å². The van der Waals surface area contributed by atoms with Crippen LogP contribution in [0.3, 0.4) is 0 Å². The van der Waals surface area contributed by atoms with Gasteiger partial charge in [0.25, 0.3) is 11.6 Å². The molecule has 0 aliphatic carbocycles. The molecule has 0 aliphatic heterocycles. The molecular formula is C15H14N2O4. The molecule has 0 saturated heterocycles. The van der Waals surface area contributed by atoms with E-state index >= 15 is 0 Å². The van der Waals surface area contributed by atoms with Crippen molar-refractivity contribution in [1.29, 1.82) is 0 Å². The Kier molecular flexibility index (Phi) is 4.18. The van der Waals surface area contributed by atoms with Crippen molar-refractivity contribution < 1.29 is 14.5 Å². The van der Waals surface area contributed by atoms with Gasteiger partial charge in [0.2, 0.25) is 0 Å². The van der Waals surface area contributed by atoms with E-state index in [0.717, 1.165) is 0 Å². The van der Waals surface area contributed by atoms with Gasteiger partial charge < -0.3 is 10.1 Å². The molecule has 0 heterocycles. The SMILES string of the molecule is COc1ccc(NC(=O)c2ccc([N+](=O)[O-])c(C)c2)cc1. The summed E-state index contributed by atoms with van der Waals surface area (Å²) in [5.41, 5.74) is 1.43. The van der Waals surface area contributed by atoms with Crippen LogP contribution in [0.2, 0.25) is 0 Å². The van der Waals surface area contributed by atoms with Crippen LogP contribution < -0.4 is 10.1 Å². The average Bonchev–Trinajstić information content (AvgIpc) is 2.47. The standard InChI is InChI=1S/C15H14N2O4/c1-10-9-11(3-8-14(10)17(19)20)15(18)16-12-4-6-13(21-2)7-5-12/h3-9H,1-2H3,(H,16,18). The second kappa shape index (κ2) is 6.04. The van der Waals surface area contributed by atoms with Crippen molar-refractivity contribution in [2.75, 3.05) is 12.4 Å². The Morgan fingerprint density at radius 2 is 1.86 bits per heavy atom. The number of carbonyl (C=O) groups excluding carboxylic acids is 1. The van der Waals surface area contributed by atoms with Crippen molar-refractivity contribution in [3.8, 4) is 5.75 Å². The van der Waals surface area contributed by atoms with E-state index < -0.39 is 4.92 Å². The van der Waals surface area contributed by atoms with E-state index in [9.17, 15) is 14.9 Å². The van der Waals surface area contributed by atoms with E-state index in [0.29, 0.717) is 22.6 Å². The highest BCUT2D eigenvalue weighted by Gasteiger charge is 2.13. The van der Waals surface area contributed by atoms with Gasteiger partial charge in [0.05, 0.1) is 12.0 Å². The minimum absolute atomic E-state index is 0.00371. The Morgan fingerprint density at radius 3 is 2.38 bits per heavy atom. The summed E-state index contributed by atoms with van der Waals surface area (Å²) >= 11 is 0. The summed E-state index contributed by atoms with van der Waals surface area (Å²) in [5.74, 6) is 0.373. The van der Waals surface area contributed by atoms with Gasteiger partial charge in [-0.2, -0.15) is 0 Å². The number of rotatable bonds is 4. The van der Waals surface area contributed by atoms with Crippen molar-refractivity contribution in [2.24, 2.45) is 0 Å². The van der Waals surface area contributed by atoms with Crippen molar-refractivity contribution in [2.45, 2.75) is 6.92 Å². The van der Waals surface area contributed by atoms with Gasteiger partial charge in [0, 0.05) is 22.9 Å². The zero-order valence-corrected chi connectivity index (χ0v) is 11.6. The first-order chi connectivity index (χ1) is 10.0. The Hall–Kier alpha value is -2.89. The number of aryl methyl sites for hydroxylation is 1. The molecule has 1 amide bonds. The van der Waals surface area contributed by atoms with E-state index in [4.69, 9.17) is 4.74 Å². The van der Waals surface area contributed by atoms with Crippen LogP contribution in [0.1, 0.15) is 15.9 Å². The molecular weight excluding hydrogens is 272 g/mol. The van der Waals surface area contributed by atoms with Crippen LogP contribution in [0.5, 0.6) is 5.75 Å². The summed E-state index contributed by atoms with van der Waals surface area (Å²) in [6.07, 6.45) is 0.